The van der Waals surface area contributed by atoms with Gasteiger partial charge in [-0.25, -0.2) is 4.98 Å². The average Bonchev–Trinajstić information content (AvgIpc) is 2.94. The molecule has 2 aromatic rings. The Hall–Kier alpha value is -1.46. The van der Waals surface area contributed by atoms with Crippen LogP contribution >= 0.6 is 11.3 Å². The number of hydrogen-bond donors (Lipinski definition) is 1. The molecule has 5 heteroatoms. The Morgan fingerprint density at radius 2 is 1.95 bits per heavy atom. The van der Waals surface area contributed by atoms with Crippen LogP contribution in [0.15, 0.2) is 24.5 Å². The van der Waals surface area contributed by atoms with Crippen molar-refractivity contribution in [3.63, 3.8) is 0 Å². The molecule has 0 saturated heterocycles. The van der Waals surface area contributed by atoms with Crippen LogP contribution in [0.1, 0.15) is 36.9 Å². The van der Waals surface area contributed by atoms with Gasteiger partial charge in [0.15, 0.2) is 5.13 Å². The first kappa shape index (κ1) is 15.9. The second-order valence-corrected chi connectivity index (χ2v) is 5.93. The zero-order valence-corrected chi connectivity index (χ0v) is 13.9. The van der Waals surface area contributed by atoms with Crippen LogP contribution in [0, 0.1) is 0 Å². The summed E-state index contributed by atoms with van der Waals surface area (Å²) in [4.78, 5) is 12.6. The third-order valence-electron chi connectivity index (χ3n) is 3.41. The van der Waals surface area contributed by atoms with Crippen LogP contribution in [0.25, 0.3) is 0 Å². The van der Waals surface area contributed by atoms with Crippen molar-refractivity contribution in [2.75, 3.05) is 18.0 Å². The molecular weight excluding hydrogens is 280 g/mol. The highest BCUT2D eigenvalue weighted by atomic mass is 32.1. The fourth-order valence-electron chi connectivity index (χ4n) is 2.18. The number of nitrogens with zero attached hydrogens (tertiary/aromatic N) is 3. The third-order valence-corrected chi connectivity index (χ3v) is 4.57. The van der Waals surface area contributed by atoms with E-state index in [0.29, 0.717) is 0 Å². The Morgan fingerprint density at radius 1 is 1.19 bits per heavy atom. The van der Waals surface area contributed by atoms with Crippen LogP contribution in [-0.4, -0.2) is 23.1 Å². The van der Waals surface area contributed by atoms with E-state index in [-0.39, 0.29) is 0 Å². The van der Waals surface area contributed by atoms with Gasteiger partial charge in [-0.15, -0.1) is 11.3 Å². The SMILES string of the molecule is CCNCc1sc(N(CC)Cc2ccncc2)nc1CC. The summed E-state index contributed by atoms with van der Waals surface area (Å²) < 4.78 is 0. The largest absolute Gasteiger partial charge is 0.344 e. The normalized spacial score (nSPS) is 10.8. The third kappa shape index (κ3) is 4.25. The highest BCUT2D eigenvalue weighted by molar-refractivity contribution is 7.15. The van der Waals surface area contributed by atoms with Gasteiger partial charge in [-0.05, 0) is 37.6 Å². The van der Waals surface area contributed by atoms with E-state index in [1.807, 2.05) is 23.7 Å². The Labute approximate surface area is 131 Å². The van der Waals surface area contributed by atoms with Crippen molar-refractivity contribution in [2.24, 2.45) is 0 Å². The van der Waals surface area contributed by atoms with E-state index < -0.39 is 0 Å². The number of rotatable bonds is 8. The van der Waals surface area contributed by atoms with E-state index in [9.17, 15) is 0 Å². The van der Waals surface area contributed by atoms with Crippen LogP contribution in [0.3, 0.4) is 0 Å². The van der Waals surface area contributed by atoms with Crippen LogP contribution in [0.4, 0.5) is 5.13 Å². The molecule has 1 N–H and O–H groups in total. The minimum absolute atomic E-state index is 0.885. The van der Waals surface area contributed by atoms with Gasteiger partial charge in [0.25, 0.3) is 0 Å². The average molecular weight is 304 g/mol. The molecule has 0 aliphatic heterocycles. The second kappa shape index (κ2) is 8.10. The second-order valence-electron chi connectivity index (χ2n) is 4.87. The highest BCUT2D eigenvalue weighted by Crippen LogP contribution is 2.27. The van der Waals surface area contributed by atoms with Gasteiger partial charge >= 0.3 is 0 Å². The molecule has 0 aliphatic rings. The van der Waals surface area contributed by atoms with Crippen LogP contribution < -0.4 is 10.2 Å². The molecule has 0 saturated carbocycles. The minimum Gasteiger partial charge on any atom is -0.344 e. The number of anilines is 1. The first-order valence-electron chi connectivity index (χ1n) is 7.61. The summed E-state index contributed by atoms with van der Waals surface area (Å²) in [5.41, 5.74) is 2.50. The molecule has 0 atom stereocenters. The summed E-state index contributed by atoms with van der Waals surface area (Å²) in [6, 6.07) is 4.13. The summed E-state index contributed by atoms with van der Waals surface area (Å²) in [5.74, 6) is 0. The van der Waals surface area contributed by atoms with Gasteiger partial charge in [-0.2, -0.15) is 0 Å². The van der Waals surface area contributed by atoms with E-state index >= 15 is 0 Å². The lowest BCUT2D eigenvalue weighted by molar-refractivity contribution is 0.727. The summed E-state index contributed by atoms with van der Waals surface area (Å²) in [7, 11) is 0. The van der Waals surface area contributed by atoms with E-state index in [1.165, 1.54) is 16.1 Å². The summed E-state index contributed by atoms with van der Waals surface area (Å²) in [6.45, 7) is 10.2. The maximum Gasteiger partial charge on any atom is 0.186 e. The summed E-state index contributed by atoms with van der Waals surface area (Å²) in [5, 5.41) is 4.53. The lowest BCUT2D eigenvalue weighted by Crippen LogP contribution is -2.21. The molecule has 0 aromatic carbocycles. The summed E-state index contributed by atoms with van der Waals surface area (Å²) >= 11 is 1.81. The highest BCUT2D eigenvalue weighted by Gasteiger charge is 2.14. The van der Waals surface area contributed by atoms with Gasteiger partial charge in [-0.3, -0.25) is 4.98 Å². The fourth-order valence-corrected chi connectivity index (χ4v) is 3.36. The lowest BCUT2D eigenvalue weighted by atomic mass is 10.2. The Kier molecular flexibility index (Phi) is 6.14. The Balaban J connectivity index is 2.15. The van der Waals surface area contributed by atoms with E-state index in [1.54, 1.807) is 0 Å². The molecule has 0 aliphatic carbocycles. The smallest absolute Gasteiger partial charge is 0.186 e. The molecule has 2 rings (SSSR count). The molecule has 21 heavy (non-hydrogen) atoms. The van der Waals surface area contributed by atoms with Crippen LogP contribution in [-0.2, 0) is 19.5 Å². The number of pyridine rings is 1. The van der Waals surface area contributed by atoms with E-state index in [2.05, 4.69) is 48.1 Å². The van der Waals surface area contributed by atoms with Gasteiger partial charge in [0.2, 0.25) is 0 Å². The number of aromatic nitrogens is 2. The predicted octanol–water partition coefficient (Wildman–Crippen LogP) is 3.24. The molecule has 0 bridgehead atoms. The van der Waals surface area contributed by atoms with Crippen LogP contribution in [0.5, 0.6) is 0 Å². The first-order chi connectivity index (χ1) is 10.3. The molecule has 0 spiro atoms. The number of hydrogen-bond acceptors (Lipinski definition) is 5. The Morgan fingerprint density at radius 3 is 2.57 bits per heavy atom. The van der Waals surface area contributed by atoms with Gasteiger partial charge in [0.05, 0.1) is 5.69 Å². The van der Waals surface area contributed by atoms with Gasteiger partial charge < -0.3 is 10.2 Å². The van der Waals surface area contributed by atoms with Crippen molar-refractivity contribution >= 4 is 16.5 Å². The number of aryl methyl sites for hydroxylation is 1. The minimum atomic E-state index is 0.885. The molecule has 0 radical (unpaired) electrons. The molecule has 0 amide bonds. The van der Waals surface area contributed by atoms with E-state index in [0.717, 1.165) is 37.7 Å². The quantitative estimate of drug-likeness (QED) is 0.813. The van der Waals surface area contributed by atoms with Gasteiger partial charge in [-0.1, -0.05) is 13.8 Å². The van der Waals surface area contributed by atoms with Gasteiger partial charge in [0.1, 0.15) is 0 Å². The molecule has 114 valence electrons. The molecule has 4 nitrogen and oxygen atoms in total. The van der Waals surface area contributed by atoms with Crippen molar-refractivity contribution in [1.29, 1.82) is 0 Å². The zero-order valence-electron chi connectivity index (χ0n) is 13.1. The monoisotopic (exact) mass is 304 g/mol. The van der Waals surface area contributed by atoms with Crippen molar-refractivity contribution < 1.29 is 0 Å². The molecule has 0 unspecified atom stereocenters. The predicted molar refractivity (Wildman–Crippen MR) is 89.8 cm³/mol. The zero-order chi connectivity index (χ0) is 15.1. The fraction of sp³-hybridized carbons (Fsp3) is 0.500. The van der Waals surface area contributed by atoms with Crippen molar-refractivity contribution in [1.82, 2.24) is 15.3 Å². The molecule has 0 fully saturated rings. The van der Waals surface area contributed by atoms with E-state index in [4.69, 9.17) is 4.98 Å². The summed E-state index contributed by atoms with van der Waals surface area (Å²) in [6.07, 6.45) is 4.68. The molecular formula is C16H24N4S. The standard InChI is InChI=1S/C16H24N4S/c1-4-14-15(11-17-5-2)21-16(19-14)20(6-3)12-13-7-9-18-10-8-13/h7-10,17H,4-6,11-12H2,1-3H3. The van der Waals surface area contributed by atoms with Gasteiger partial charge in [0, 0.05) is 36.9 Å². The van der Waals surface area contributed by atoms with Crippen LogP contribution in [0.2, 0.25) is 0 Å². The maximum absolute atomic E-state index is 4.84. The molecule has 2 heterocycles. The number of nitrogens with one attached hydrogen (secondary N) is 1. The van der Waals surface area contributed by atoms with Crippen molar-refractivity contribution in [2.45, 2.75) is 40.3 Å². The Bertz CT molecular complexity index is 538. The van der Waals surface area contributed by atoms with Crippen molar-refractivity contribution in [3.8, 4) is 0 Å². The van der Waals surface area contributed by atoms with Crippen molar-refractivity contribution in [3.05, 3.63) is 40.7 Å². The maximum atomic E-state index is 4.84. The number of thiazole rings is 1. The lowest BCUT2D eigenvalue weighted by Gasteiger charge is -2.19. The molecule has 2 aromatic heterocycles. The first-order valence-corrected chi connectivity index (χ1v) is 8.43. The topological polar surface area (TPSA) is 41.0 Å².